The average Bonchev–Trinajstić information content (AvgIpc) is 3.48. The van der Waals surface area contributed by atoms with Crippen molar-refractivity contribution in [2.75, 3.05) is 42.6 Å². The van der Waals surface area contributed by atoms with Gasteiger partial charge in [-0.2, -0.15) is 5.26 Å². The SMILES string of the molecule is [C-]#[N+]C(CC)=C1Sc2c(c(N(CC)CC)c3c(c2N(CC)CC)SC(=C(C#N)C(=O)OCC)S3)S1. The Morgan fingerprint density at radius 3 is 1.60 bits per heavy atom. The van der Waals surface area contributed by atoms with E-state index in [0.29, 0.717) is 10.7 Å². The molecule has 0 aromatic heterocycles. The van der Waals surface area contributed by atoms with Crippen molar-refractivity contribution in [2.45, 2.75) is 67.5 Å². The van der Waals surface area contributed by atoms with Crippen molar-refractivity contribution in [3.63, 3.8) is 0 Å². The minimum atomic E-state index is -0.572. The van der Waals surface area contributed by atoms with Gasteiger partial charge in [-0.15, -0.1) is 0 Å². The maximum Gasteiger partial charge on any atom is 0.350 e. The smallest absolute Gasteiger partial charge is 0.350 e. The molecule has 0 fully saturated rings. The normalized spacial score (nSPS) is 13.6. The maximum atomic E-state index is 12.6. The van der Waals surface area contributed by atoms with E-state index in [1.165, 1.54) is 33.3 Å². The lowest BCUT2D eigenvalue weighted by molar-refractivity contribution is -0.138. The zero-order valence-electron chi connectivity index (χ0n) is 21.0. The van der Waals surface area contributed by atoms with E-state index in [9.17, 15) is 10.1 Å². The number of carbonyl (C=O) groups excluding carboxylic acids is 1. The van der Waals surface area contributed by atoms with E-state index in [-0.39, 0.29) is 12.2 Å². The molecular weight excluding hydrogens is 517 g/mol. The molecule has 186 valence electrons. The summed E-state index contributed by atoms with van der Waals surface area (Å²) in [6.07, 6.45) is 0.704. The van der Waals surface area contributed by atoms with Gasteiger partial charge in [0.15, 0.2) is 11.3 Å². The largest absolute Gasteiger partial charge is 0.462 e. The van der Waals surface area contributed by atoms with Crippen LogP contribution in [0.15, 0.2) is 39.3 Å². The molecular formula is C25H30N4O2S4. The molecule has 0 saturated carbocycles. The topological polar surface area (TPSA) is 60.9 Å². The number of anilines is 2. The number of rotatable bonds is 9. The lowest BCUT2D eigenvalue weighted by Crippen LogP contribution is -2.26. The average molecular weight is 547 g/mol. The fraction of sp³-hybridized carbons (Fsp3) is 0.480. The monoisotopic (exact) mass is 546 g/mol. The molecule has 1 aromatic rings. The number of nitriles is 1. The lowest BCUT2D eigenvalue weighted by Gasteiger charge is -2.30. The fourth-order valence-corrected chi connectivity index (χ4v) is 9.80. The number of benzene rings is 1. The molecule has 0 saturated heterocycles. The zero-order chi connectivity index (χ0) is 25.7. The van der Waals surface area contributed by atoms with Crippen molar-refractivity contribution in [3.8, 4) is 6.07 Å². The van der Waals surface area contributed by atoms with E-state index in [2.05, 4.69) is 48.4 Å². The van der Waals surface area contributed by atoms with Crippen molar-refractivity contribution in [2.24, 2.45) is 0 Å². The first-order valence-electron chi connectivity index (χ1n) is 11.8. The molecule has 0 unspecified atom stereocenters. The van der Waals surface area contributed by atoms with Crippen LogP contribution in [-0.2, 0) is 9.53 Å². The lowest BCUT2D eigenvalue weighted by atomic mass is 10.2. The van der Waals surface area contributed by atoms with Gasteiger partial charge < -0.3 is 14.5 Å². The molecule has 0 N–H and O–H groups in total. The van der Waals surface area contributed by atoms with E-state index in [0.717, 1.165) is 57.3 Å². The summed E-state index contributed by atoms with van der Waals surface area (Å²) in [7, 11) is 0. The number of hydrogen-bond donors (Lipinski definition) is 0. The van der Waals surface area contributed by atoms with Crippen LogP contribution in [-0.4, -0.2) is 38.8 Å². The van der Waals surface area contributed by atoms with Crippen molar-refractivity contribution in [1.82, 2.24) is 0 Å². The van der Waals surface area contributed by atoms with E-state index in [1.807, 2.05) is 6.92 Å². The highest BCUT2D eigenvalue weighted by atomic mass is 32.2. The van der Waals surface area contributed by atoms with E-state index < -0.39 is 5.97 Å². The van der Waals surface area contributed by atoms with Crippen LogP contribution in [0.2, 0.25) is 0 Å². The third-order valence-electron chi connectivity index (χ3n) is 5.71. The van der Waals surface area contributed by atoms with Gasteiger partial charge in [-0.3, -0.25) is 0 Å². The van der Waals surface area contributed by atoms with Gasteiger partial charge in [0, 0.05) is 26.2 Å². The second-order valence-electron chi connectivity index (χ2n) is 7.46. The predicted molar refractivity (Wildman–Crippen MR) is 150 cm³/mol. The highest BCUT2D eigenvalue weighted by Gasteiger charge is 2.39. The molecule has 0 spiro atoms. The number of carbonyl (C=O) groups is 1. The minimum absolute atomic E-state index is 0.0661. The highest BCUT2D eigenvalue weighted by molar-refractivity contribution is 8.26. The molecule has 10 heteroatoms. The molecule has 0 amide bonds. The standard InChI is InChI=1S/C25H30N4O2S4/c1-8-16(27-7)25-34-21-17(28(9-2)10-3)19-20(18(22(21)35-25)29(11-4)12-5)33-24(32-19)15(14-26)23(30)31-13-6/h8-13H2,1-6H3. The summed E-state index contributed by atoms with van der Waals surface area (Å²) < 4.78 is 6.91. The van der Waals surface area contributed by atoms with E-state index in [1.54, 1.807) is 30.4 Å². The van der Waals surface area contributed by atoms with Crippen LogP contribution >= 0.6 is 47.0 Å². The Balaban J connectivity index is 2.36. The number of allylic oxidation sites excluding steroid dienone is 1. The number of hydrogen-bond acceptors (Lipinski definition) is 9. The molecule has 2 heterocycles. The number of fused-ring (bicyclic) bond motifs is 2. The van der Waals surface area contributed by atoms with Crippen LogP contribution in [0, 0.1) is 17.9 Å². The Kier molecular flexibility index (Phi) is 9.83. The third-order valence-corrected chi connectivity index (χ3v) is 11.0. The minimum Gasteiger partial charge on any atom is -0.462 e. The Labute approximate surface area is 225 Å². The van der Waals surface area contributed by atoms with Gasteiger partial charge in [-0.1, -0.05) is 54.0 Å². The number of nitrogens with zero attached hydrogens (tertiary/aromatic N) is 4. The summed E-state index contributed by atoms with van der Waals surface area (Å²) in [5.74, 6) is -0.572. The van der Waals surface area contributed by atoms with Crippen LogP contribution in [0.5, 0.6) is 0 Å². The summed E-state index contributed by atoms with van der Waals surface area (Å²) in [6.45, 7) is 23.6. The molecule has 6 nitrogen and oxygen atoms in total. The van der Waals surface area contributed by atoms with Crippen LogP contribution < -0.4 is 9.80 Å². The summed E-state index contributed by atoms with van der Waals surface area (Å²) in [5, 5.41) is 9.82. The third kappa shape index (κ3) is 5.17. The first-order valence-corrected chi connectivity index (χ1v) is 15.1. The van der Waals surface area contributed by atoms with E-state index in [4.69, 9.17) is 11.3 Å². The Morgan fingerprint density at radius 2 is 1.29 bits per heavy atom. The van der Waals surface area contributed by atoms with Crippen LogP contribution in [0.1, 0.15) is 48.0 Å². The Bertz CT molecular complexity index is 1100. The number of ether oxygens (including phenoxy) is 1. The molecule has 0 radical (unpaired) electrons. The van der Waals surface area contributed by atoms with Gasteiger partial charge in [0.05, 0.1) is 52.6 Å². The van der Waals surface area contributed by atoms with Gasteiger partial charge in [-0.25, -0.2) is 9.64 Å². The van der Waals surface area contributed by atoms with Crippen molar-refractivity contribution >= 4 is 64.4 Å². The van der Waals surface area contributed by atoms with Crippen LogP contribution in [0.25, 0.3) is 4.85 Å². The first kappa shape index (κ1) is 27.7. The van der Waals surface area contributed by atoms with Crippen LogP contribution in [0.3, 0.4) is 0 Å². The van der Waals surface area contributed by atoms with Gasteiger partial charge in [0.25, 0.3) is 0 Å². The summed E-state index contributed by atoms with van der Waals surface area (Å²) in [6, 6.07) is 2.10. The molecule has 0 aliphatic carbocycles. The molecule has 0 bridgehead atoms. The Morgan fingerprint density at radius 1 is 0.857 bits per heavy atom. The fourth-order valence-electron chi connectivity index (χ4n) is 3.95. The predicted octanol–water partition coefficient (Wildman–Crippen LogP) is 7.57. The maximum absolute atomic E-state index is 12.6. The molecule has 3 rings (SSSR count). The quantitative estimate of drug-likeness (QED) is 0.103. The van der Waals surface area contributed by atoms with Gasteiger partial charge >= 0.3 is 5.97 Å². The summed E-state index contributed by atoms with van der Waals surface area (Å²) in [4.78, 5) is 25.6. The van der Waals surface area contributed by atoms with Crippen LogP contribution in [0.4, 0.5) is 11.4 Å². The molecule has 2 aliphatic rings. The van der Waals surface area contributed by atoms with E-state index >= 15 is 0 Å². The van der Waals surface area contributed by atoms with Crippen molar-refractivity contribution in [3.05, 3.63) is 31.2 Å². The van der Waals surface area contributed by atoms with Crippen molar-refractivity contribution < 1.29 is 9.53 Å². The molecule has 0 atom stereocenters. The first-order chi connectivity index (χ1) is 16.9. The molecule has 35 heavy (non-hydrogen) atoms. The van der Waals surface area contributed by atoms with Gasteiger partial charge in [0.1, 0.15) is 6.07 Å². The van der Waals surface area contributed by atoms with Gasteiger partial charge in [-0.05, 0) is 41.0 Å². The number of esters is 1. The van der Waals surface area contributed by atoms with Crippen molar-refractivity contribution in [1.29, 1.82) is 5.26 Å². The molecule has 2 aliphatic heterocycles. The van der Waals surface area contributed by atoms with Gasteiger partial charge in [0.2, 0.25) is 0 Å². The zero-order valence-corrected chi connectivity index (χ0v) is 24.2. The Hall–Kier alpha value is -1.85. The second kappa shape index (κ2) is 12.4. The molecule has 1 aromatic carbocycles. The summed E-state index contributed by atoms with van der Waals surface area (Å²) in [5.41, 5.74) is 3.13. The highest BCUT2D eigenvalue weighted by Crippen LogP contribution is 2.68. The summed E-state index contributed by atoms with van der Waals surface area (Å²) >= 11 is 6.39. The second-order valence-corrected chi connectivity index (χ2v) is 12.1. The number of thioether (sulfide) groups is 4.